The van der Waals surface area contributed by atoms with Gasteiger partial charge in [0.2, 0.25) is 0 Å². The van der Waals surface area contributed by atoms with Gasteiger partial charge in [-0.25, -0.2) is 8.42 Å². The fraction of sp³-hybridized carbons (Fsp3) is 0.455. The minimum absolute atomic E-state index is 0.249. The number of amides is 1. The van der Waals surface area contributed by atoms with Crippen LogP contribution in [0.1, 0.15) is 26.7 Å². The lowest BCUT2D eigenvalue weighted by Gasteiger charge is -2.20. The van der Waals surface area contributed by atoms with Crippen molar-refractivity contribution in [3.8, 4) is 5.75 Å². The Bertz CT molecular complexity index is 1280. The highest BCUT2D eigenvalue weighted by atomic mass is 32.2. The van der Waals surface area contributed by atoms with Gasteiger partial charge in [0.1, 0.15) is 16.0 Å². The van der Waals surface area contributed by atoms with Crippen LogP contribution in [-0.2, 0) is 26.1 Å². The molecule has 1 aromatic carbocycles. The van der Waals surface area contributed by atoms with Crippen molar-refractivity contribution in [2.75, 3.05) is 26.4 Å². The van der Waals surface area contributed by atoms with E-state index in [4.69, 9.17) is 9.47 Å². The number of carbonyl (C=O) groups is 1. The van der Waals surface area contributed by atoms with Crippen molar-refractivity contribution in [2.24, 2.45) is 4.99 Å². The van der Waals surface area contributed by atoms with Gasteiger partial charge >= 0.3 is 0 Å². The molecule has 4 rings (SSSR count). The van der Waals surface area contributed by atoms with E-state index in [9.17, 15) is 13.2 Å². The molecular formula is C22H27N3O5S3. The zero-order chi connectivity index (χ0) is 23.4. The normalized spacial score (nSPS) is 17.8. The Balaban J connectivity index is 1.70. The highest BCUT2D eigenvalue weighted by Crippen LogP contribution is 2.29. The Morgan fingerprint density at radius 1 is 1.24 bits per heavy atom. The molecule has 0 spiro atoms. The van der Waals surface area contributed by atoms with Gasteiger partial charge in [-0.05, 0) is 56.3 Å². The minimum Gasteiger partial charge on any atom is -0.494 e. The van der Waals surface area contributed by atoms with E-state index in [1.807, 2.05) is 36.6 Å². The second kappa shape index (κ2) is 10.5. The van der Waals surface area contributed by atoms with Gasteiger partial charge in [0.25, 0.3) is 15.9 Å². The van der Waals surface area contributed by atoms with Crippen LogP contribution >= 0.6 is 22.7 Å². The third-order valence-electron chi connectivity index (χ3n) is 5.38. The molecule has 3 heterocycles. The molecule has 178 valence electrons. The van der Waals surface area contributed by atoms with Crippen LogP contribution in [0.2, 0.25) is 0 Å². The summed E-state index contributed by atoms with van der Waals surface area (Å²) in [5, 5.41) is 1.72. The Labute approximate surface area is 201 Å². The van der Waals surface area contributed by atoms with Crippen LogP contribution in [-0.4, -0.2) is 55.6 Å². The van der Waals surface area contributed by atoms with Crippen LogP contribution in [0.25, 0.3) is 10.2 Å². The molecule has 11 heteroatoms. The van der Waals surface area contributed by atoms with Crippen molar-refractivity contribution in [1.29, 1.82) is 0 Å². The summed E-state index contributed by atoms with van der Waals surface area (Å²) in [6.45, 7) is 6.36. The molecule has 2 aromatic heterocycles. The predicted molar refractivity (Wildman–Crippen MR) is 129 cm³/mol. The molecule has 1 atom stereocenters. The van der Waals surface area contributed by atoms with Gasteiger partial charge in [-0.2, -0.15) is 9.30 Å². The first-order chi connectivity index (χ1) is 16.0. The second-order valence-electron chi connectivity index (χ2n) is 7.45. The summed E-state index contributed by atoms with van der Waals surface area (Å²) in [7, 11) is -3.72. The number of rotatable bonds is 9. The topological polar surface area (TPSA) is 90.2 Å². The number of thiazole rings is 1. The lowest BCUT2D eigenvalue weighted by molar-refractivity contribution is -0.121. The summed E-state index contributed by atoms with van der Waals surface area (Å²) in [6, 6.07) is 8.27. The molecular weight excluding hydrogens is 482 g/mol. The molecule has 1 saturated heterocycles. The summed E-state index contributed by atoms with van der Waals surface area (Å²) in [5.41, 5.74) is 0.934. The third-order valence-corrected chi connectivity index (χ3v) is 9.70. The highest BCUT2D eigenvalue weighted by molar-refractivity contribution is 7.91. The fourth-order valence-electron chi connectivity index (χ4n) is 3.88. The lowest BCUT2D eigenvalue weighted by atomic mass is 10.2. The zero-order valence-corrected chi connectivity index (χ0v) is 21.0. The number of ether oxygens (including phenoxy) is 2. The number of hydrogen-bond acceptors (Lipinski definition) is 7. The van der Waals surface area contributed by atoms with Gasteiger partial charge in [-0.3, -0.25) is 4.79 Å². The third kappa shape index (κ3) is 5.07. The van der Waals surface area contributed by atoms with E-state index in [-0.39, 0.29) is 4.21 Å². The maximum absolute atomic E-state index is 13.2. The first-order valence-electron chi connectivity index (χ1n) is 10.9. The number of thiophene rings is 1. The van der Waals surface area contributed by atoms with Crippen LogP contribution < -0.4 is 9.54 Å². The first kappa shape index (κ1) is 24.1. The van der Waals surface area contributed by atoms with Crippen molar-refractivity contribution in [2.45, 2.75) is 43.5 Å². The van der Waals surface area contributed by atoms with Crippen LogP contribution in [0.4, 0.5) is 0 Å². The number of nitrogens with zero attached hydrogens (tertiary/aromatic N) is 3. The Hall–Kier alpha value is -2.05. The number of benzene rings is 1. The van der Waals surface area contributed by atoms with Gasteiger partial charge in [0.15, 0.2) is 4.80 Å². The lowest BCUT2D eigenvalue weighted by Crippen LogP contribution is -2.40. The van der Waals surface area contributed by atoms with Gasteiger partial charge < -0.3 is 14.0 Å². The molecule has 0 radical (unpaired) electrons. The smallest absolute Gasteiger partial charge is 0.266 e. The highest BCUT2D eigenvalue weighted by Gasteiger charge is 2.39. The van der Waals surface area contributed by atoms with Crippen molar-refractivity contribution in [1.82, 2.24) is 8.87 Å². The molecule has 33 heavy (non-hydrogen) atoms. The van der Waals surface area contributed by atoms with E-state index in [1.165, 1.54) is 15.6 Å². The van der Waals surface area contributed by atoms with Crippen molar-refractivity contribution < 1.29 is 22.7 Å². The second-order valence-corrected chi connectivity index (χ2v) is 11.5. The molecule has 0 saturated carbocycles. The van der Waals surface area contributed by atoms with E-state index in [0.717, 1.165) is 27.3 Å². The van der Waals surface area contributed by atoms with Crippen LogP contribution in [0.5, 0.6) is 5.75 Å². The Kier molecular flexibility index (Phi) is 7.65. The van der Waals surface area contributed by atoms with Gasteiger partial charge in [0, 0.05) is 19.7 Å². The average molecular weight is 510 g/mol. The molecule has 1 aliphatic heterocycles. The van der Waals surface area contributed by atoms with Gasteiger partial charge in [0.05, 0.1) is 23.4 Å². The van der Waals surface area contributed by atoms with Crippen LogP contribution in [0.15, 0.2) is 44.9 Å². The van der Waals surface area contributed by atoms with E-state index in [2.05, 4.69) is 4.99 Å². The van der Waals surface area contributed by atoms with Gasteiger partial charge in [-0.1, -0.05) is 17.4 Å². The average Bonchev–Trinajstić information content (AvgIpc) is 3.55. The summed E-state index contributed by atoms with van der Waals surface area (Å²) in [4.78, 5) is 18.2. The van der Waals surface area contributed by atoms with Crippen LogP contribution in [0.3, 0.4) is 0 Å². The fourth-order valence-corrected chi connectivity index (χ4v) is 7.74. The van der Waals surface area contributed by atoms with E-state index >= 15 is 0 Å². The summed E-state index contributed by atoms with van der Waals surface area (Å²) in [5.74, 6) is 0.319. The Morgan fingerprint density at radius 3 is 2.82 bits per heavy atom. The molecule has 0 N–H and O–H groups in total. The summed E-state index contributed by atoms with van der Waals surface area (Å²) < 4.78 is 41.7. The number of fused-ring (bicyclic) bond motifs is 1. The standard InChI is InChI=1S/C22H27N3O5S3/c1-3-29-13-12-24-17-10-9-16(30-4-2)15-19(17)32-22(24)23-21(26)18-7-5-11-25(18)33(27,28)20-8-6-14-31-20/h6,8-10,14-15,18H,3-5,7,11-13H2,1-2H3. The van der Waals surface area contributed by atoms with E-state index < -0.39 is 22.0 Å². The molecule has 1 unspecified atom stereocenters. The molecule has 8 nitrogen and oxygen atoms in total. The zero-order valence-electron chi connectivity index (χ0n) is 18.6. The molecule has 1 fully saturated rings. The monoisotopic (exact) mass is 509 g/mol. The predicted octanol–water partition coefficient (Wildman–Crippen LogP) is 3.48. The summed E-state index contributed by atoms with van der Waals surface area (Å²) in [6.07, 6.45) is 1.09. The maximum atomic E-state index is 13.2. The van der Waals surface area contributed by atoms with Gasteiger partial charge in [-0.15, -0.1) is 11.3 Å². The molecule has 1 amide bonds. The quantitative estimate of drug-likeness (QED) is 0.412. The number of sulfonamides is 1. The van der Waals surface area contributed by atoms with Crippen LogP contribution in [0, 0.1) is 0 Å². The number of aromatic nitrogens is 1. The minimum atomic E-state index is -3.72. The maximum Gasteiger partial charge on any atom is 0.266 e. The van der Waals surface area contributed by atoms with E-state index in [1.54, 1.807) is 17.5 Å². The van der Waals surface area contributed by atoms with Crippen molar-refractivity contribution in [3.05, 3.63) is 40.5 Å². The largest absolute Gasteiger partial charge is 0.494 e. The first-order valence-corrected chi connectivity index (χ1v) is 14.1. The molecule has 0 bridgehead atoms. The number of hydrogen-bond donors (Lipinski definition) is 0. The molecule has 3 aromatic rings. The number of carbonyl (C=O) groups excluding carboxylic acids is 1. The Morgan fingerprint density at radius 2 is 2.09 bits per heavy atom. The molecule has 0 aliphatic carbocycles. The summed E-state index contributed by atoms with van der Waals surface area (Å²) >= 11 is 2.55. The van der Waals surface area contributed by atoms with Crippen molar-refractivity contribution >= 4 is 48.8 Å². The van der Waals surface area contributed by atoms with Crippen molar-refractivity contribution in [3.63, 3.8) is 0 Å². The SMILES string of the molecule is CCOCCn1c(=NC(=O)C2CCCN2S(=O)(=O)c2cccs2)sc2cc(OCC)ccc21. The molecule has 1 aliphatic rings. The van der Waals surface area contributed by atoms with E-state index in [0.29, 0.717) is 50.6 Å².